The molecule has 0 atom stereocenters. The fourth-order valence-electron chi connectivity index (χ4n) is 2.17. The largest absolute Gasteiger partial charge is 0.379 e. The molecule has 0 saturated carbocycles. The number of imide groups is 1. The number of morpholine rings is 1. The first-order valence-corrected chi connectivity index (χ1v) is 6.16. The summed E-state index contributed by atoms with van der Waals surface area (Å²) in [4.78, 5) is 33.7. The van der Waals surface area contributed by atoms with Crippen LogP contribution < -0.4 is 4.90 Å². The summed E-state index contributed by atoms with van der Waals surface area (Å²) in [5.74, 6) is -0.102. The van der Waals surface area contributed by atoms with Gasteiger partial charge in [0.15, 0.2) is 0 Å². The Kier molecular flexibility index (Phi) is 3.17. The van der Waals surface area contributed by atoms with E-state index in [-0.39, 0.29) is 5.70 Å². The molecule has 1 aromatic heterocycles. The minimum absolute atomic E-state index is 0.0835. The van der Waals surface area contributed by atoms with Crippen LogP contribution in [-0.4, -0.2) is 58.2 Å². The zero-order valence-corrected chi connectivity index (χ0v) is 10.7. The van der Waals surface area contributed by atoms with E-state index in [9.17, 15) is 9.59 Å². The molecule has 2 fully saturated rings. The van der Waals surface area contributed by atoms with Gasteiger partial charge >= 0.3 is 6.03 Å². The quantitative estimate of drug-likeness (QED) is 0.558. The van der Waals surface area contributed by atoms with Gasteiger partial charge in [0, 0.05) is 19.3 Å². The van der Waals surface area contributed by atoms with Crippen LogP contribution in [-0.2, 0) is 9.53 Å². The number of hydrogen-bond acceptors (Lipinski definition) is 6. The van der Waals surface area contributed by atoms with Crippen LogP contribution in [0, 0.1) is 0 Å². The van der Waals surface area contributed by atoms with Crippen molar-refractivity contribution in [3.63, 3.8) is 0 Å². The topological polar surface area (TPSA) is 78.9 Å². The number of rotatable bonds is 2. The Morgan fingerprint density at radius 3 is 2.65 bits per heavy atom. The Bertz CT molecular complexity index is 555. The number of hydrogen-bond donors (Lipinski definition) is 0. The molecule has 0 N–H and O–H groups in total. The van der Waals surface area contributed by atoms with E-state index in [1.165, 1.54) is 17.4 Å². The van der Waals surface area contributed by atoms with Crippen LogP contribution in [0.4, 0.5) is 10.6 Å². The minimum atomic E-state index is -0.472. The molecule has 0 radical (unpaired) electrons. The Morgan fingerprint density at radius 1 is 1.25 bits per heavy atom. The maximum Gasteiger partial charge on any atom is 0.352 e. The molecule has 0 aliphatic carbocycles. The molecule has 0 aromatic carbocycles. The highest BCUT2D eigenvalue weighted by atomic mass is 16.5. The van der Waals surface area contributed by atoms with Crippen LogP contribution >= 0.6 is 0 Å². The molecule has 0 spiro atoms. The van der Waals surface area contributed by atoms with Crippen LogP contribution in [0.3, 0.4) is 0 Å². The van der Waals surface area contributed by atoms with Gasteiger partial charge in [0.05, 0.1) is 13.2 Å². The van der Waals surface area contributed by atoms with Crippen LogP contribution in [0.2, 0.25) is 0 Å². The molecule has 8 heteroatoms. The molecule has 2 saturated heterocycles. The molecule has 104 valence electrons. The van der Waals surface area contributed by atoms with Crippen molar-refractivity contribution < 1.29 is 14.3 Å². The van der Waals surface area contributed by atoms with E-state index in [0.717, 1.165) is 5.01 Å². The number of urea groups is 1. The highest BCUT2D eigenvalue weighted by Crippen LogP contribution is 2.26. The van der Waals surface area contributed by atoms with Gasteiger partial charge in [-0.3, -0.25) is 4.79 Å². The summed E-state index contributed by atoms with van der Waals surface area (Å²) >= 11 is 0. The smallest absolute Gasteiger partial charge is 0.352 e. The van der Waals surface area contributed by atoms with E-state index in [2.05, 4.69) is 16.5 Å². The first kappa shape index (κ1) is 12.7. The lowest BCUT2D eigenvalue weighted by atomic mass is 10.4. The standard InChI is InChI=1S/C12H13N5O3/c1-9-11(18)17(15-4-6-20-7-5-15)12(19)16(9)10-2-3-13-8-14-10/h2-3,8H,1,4-7H2. The molecule has 3 rings (SSSR count). The van der Waals surface area contributed by atoms with Gasteiger partial charge in [0.25, 0.3) is 5.91 Å². The van der Waals surface area contributed by atoms with E-state index in [1.54, 1.807) is 11.1 Å². The van der Waals surface area contributed by atoms with Crippen LogP contribution in [0.1, 0.15) is 0 Å². The normalized spacial score (nSPS) is 20.9. The van der Waals surface area contributed by atoms with Gasteiger partial charge in [0.2, 0.25) is 0 Å². The number of carbonyl (C=O) groups is 2. The summed E-state index contributed by atoms with van der Waals surface area (Å²) in [6.07, 6.45) is 2.82. The first-order valence-electron chi connectivity index (χ1n) is 6.16. The highest BCUT2D eigenvalue weighted by Gasteiger charge is 2.44. The second kappa shape index (κ2) is 4.99. The van der Waals surface area contributed by atoms with E-state index >= 15 is 0 Å². The fourth-order valence-corrected chi connectivity index (χ4v) is 2.17. The third kappa shape index (κ3) is 1.95. The lowest BCUT2D eigenvalue weighted by molar-refractivity contribution is -0.140. The average Bonchev–Trinajstić information content (AvgIpc) is 2.71. The summed E-state index contributed by atoms with van der Waals surface area (Å²) < 4.78 is 5.22. The molecule has 3 amide bonds. The number of aromatic nitrogens is 2. The summed E-state index contributed by atoms with van der Waals surface area (Å²) in [5.41, 5.74) is 0.0835. The zero-order valence-electron chi connectivity index (χ0n) is 10.7. The molecule has 3 heterocycles. The highest BCUT2D eigenvalue weighted by molar-refractivity contribution is 6.20. The van der Waals surface area contributed by atoms with Crippen molar-refractivity contribution in [2.24, 2.45) is 0 Å². The van der Waals surface area contributed by atoms with Gasteiger partial charge in [-0.1, -0.05) is 6.58 Å². The molecular formula is C12H13N5O3. The monoisotopic (exact) mass is 275 g/mol. The Morgan fingerprint density at radius 2 is 2.00 bits per heavy atom. The van der Waals surface area contributed by atoms with E-state index in [4.69, 9.17) is 4.74 Å². The minimum Gasteiger partial charge on any atom is -0.379 e. The van der Waals surface area contributed by atoms with E-state index in [0.29, 0.717) is 32.1 Å². The molecule has 1 aromatic rings. The molecule has 8 nitrogen and oxygen atoms in total. The van der Waals surface area contributed by atoms with Gasteiger partial charge in [0.1, 0.15) is 17.8 Å². The summed E-state index contributed by atoms with van der Waals surface area (Å²) in [5, 5.41) is 2.77. The first-order chi connectivity index (χ1) is 9.70. The molecule has 20 heavy (non-hydrogen) atoms. The van der Waals surface area contributed by atoms with Gasteiger partial charge in [-0.25, -0.2) is 24.7 Å². The van der Waals surface area contributed by atoms with Crippen LogP contribution in [0.25, 0.3) is 0 Å². The fraction of sp³-hybridized carbons (Fsp3) is 0.333. The SMILES string of the molecule is C=C1C(=O)N(N2CCOCC2)C(=O)N1c1ccncn1. The molecule has 0 unspecified atom stereocenters. The second-order valence-corrected chi connectivity index (χ2v) is 4.32. The van der Waals surface area contributed by atoms with Crippen molar-refractivity contribution in [3.05, 3.63) is 30.9 Å². The van der Waals surface area contributed by atoms with Crippen molar-refractivity contribution in [1.29, 1.82) is 0 Å². The number of carbonyl (C=O) groups excluding carboxylic acids is 2. The molecule has 0 bridgehead atoms. The zero-order chi connectivity index (χ0) is 14.1. The number of anilines is 1. The van der Waals surface area contributed by atoms with Gasteiger partial charge in [-0.2, -0.15) is 5.01 Å². The van der Waals surface area contributed by atoms with Gasteiger partial charge in [-0.15, -0.1) is 0 Å². The summed E-state index contributed by atoms with van der Waals surface area (Å²) in [7, 11) is 0. The predicted molar refractivity (Wildman–Crippen MR) is 68.3 cm³/mol. The Hall–Kier alpha value is -2.32. The van der Waals surface area contributed by atoms with Gasteiger partial charge < -0.3 is 4.74 Å². The summed E-state index contributed by atoms with van der Waals surface area (Å²) in [6.45, 7) is 5.63. The molecule has 2 aliphatic heterocycles. The molecule has 2 aliphatic rings. The number of amides is 3. The van der Waals surface area contributed by atoms with Crippen molar-refractivity contribution >= 4 is 17.8 Å². The van der Waals surface area contributed by atoms with Crippen LogP contribution in [0.5, 0.6) is 0 Å². The molecular weight excluding hydrogens is 262 g/mol. The third-order valence-electron chi connectivity index (χ3n) is 3.15. The number of ether oxygens (including phenoxy) is 1. The predicted octanol–water partition coefficient (Wildman–Crippen LogP) is 0.00610. The lowest BCUT2D eigenvalue weighted by Gasteiger charge is -2.32. The Labute approximate surface area is 115 Å². The second-order valence-electron chi connectivity index (χ2n) is 4.32. The Balaban J connectivity index is 1.90. The maximum atomic E-state index is 12.5. The van der Waals surface area contributed by atoms with Crippen LogP contribution in [0.15, 0.2) is 30.9 Å². The number of hydrazine groups is 1. The van der Waals surface area contributed by atoms with E-state index in [1.807, 2.05) is 0 Å². The average molecular weight is 275 g/mol. The maximum absolute atomic E-state index is 12.5. The van der Waals surface area contributed by atoms with E-state index < -0.39 is 11.9 Å². The van der Waals surface area contributed by atoms with Crippen molar-refractivity contribution in [2.45, 2.75) is 0 Å². The van der Waals surface area contributed by atoms with Crippen molar-refractivity contribution in [1.82, 2.24) is 20.0 Å². The third-order valence-corrected chi connectivity index (χ3v) is 3.15. The van der Waals surface area contributed by atoms with Gasteiger partial charge in [-0.05, 0) is 6.07 Å². The van der Waals surface area contributed by atoms with Crippen molar-refractivity contribution in [3.8, 4) is 0 Å². The summed E-state index contributed by atoms with van der Waals surface area (Å²) in [6, 6.07) is 1.08. The number of nitrogens with zero attached hydrogens (tertiary/aromatic N) is 5. The lowest BCUT2D eigenvalue weighted by Crippen LogP contribution is -2.52. The van der Waals surface area contributed by atoms with Crippen molar-refractivity contribution in [2.75, 3.05) is 31.2 Å².